The molecule has 3 heterocycles. The molecule has 3 aliphatic rings. The van der Waals surface area contributed by atoms with Crippen LogP contribution in [0.25, 0.3) is 0 Å². The lowest BCUT2D eigenvalue weighted by Crippen LogP contribution is -2.62. The number of nitrogens with zero attached hydrogens (tertiary/aromatic N) is 1. The summed E-state index contributed by atoms with van der Waals surface area (Å²) in [6.45, 7) is 10.5. The molecule has 0 saturated carbocycles. The molecule has 0 aromatic carbocycles. The first-order chi connectivity index (χ1) is 8.07. The van der Waals surface area contributed by atoms with Crippen molar-refractivity contribution >= 4 is 0 Å². The van der Waals surface area contributed by atoms with Crippen LogP contribution in [0.2, 0.25) is 0 Å². The summed E-state index contributed by atoms with van der Waals surface area (Å²) in [4.78, 5) is 2.61. The van der Waals surface area contributed by atoms with E-state index >= 15 is 0 Å². The number of hydrogen-bond acceptors (Lipinski definition) is 3. The van der Waals surface area contributed by atoms with Crippen LogP contribution in [0.4, 0.5) is 0 Å². The molecule has 3 rings (SSSR count). The minimum Gasteiger partial charge on any atom is -0.372 e. The third-order valence-corrected chi connectivity index (χ3v) is 4.68. The van der Waals surface area contributed by atoms with Gasteiger partial charge in [-0.3, -0.25) is 4.90 Å². The summed E-state index contributed by atoms with van der Waals surface area (Å²) in [5, 5.41) is 3.60. The Labute approximate surface area is 105 Å². The lowest BCUT2D eigenvalue weighted by molar-refractivity contribution is -0.116. The summed E-state index contributed by atoms with van der Waals surface area (Å²) in [6, 6.07) is 0. The molecule has 1 unspecified atom stereocenters. The van der Waals surface area contributed by atoms with Gasteiger partial charge < -0.3 is 10.1 Å². The Kier molecular flexibility index (Phi) is 2.96. The Morgan fingerprint density at radius 2 is 2.18 bits per heavy atom. The van der Waals surface area contributed by atoms with Crippen molar-refractivity contribution in [1.82, 2.24) is 10.2 Å². The van der Waals surface area contributed by atoms with Gasteiger partial charge in [0.25, 0.3) is 0 Å². The van der Waals surface area contributed by atoms with E-state index in [2.05, 4.69) is 24.1 Å². The number of ether oxygens (including phenoxy) is 1. The highest BCUT2D eigenvalue weighted by molar-refractivity contribution is 5.00. The highest BCUT2D eigenvalue weighted by atomic mass is 16.5. The van der Waals surface area contributed by atoms with Crippen molar-refractivity contribution in [3.63, 3.8) is 0 Å². The zero-order chi connectivity index (χ0) is 11.9. The summed E-state index contributed by atoms with van der Waals surface area (Å²) in [5.74, 6) is 0.880. The number of hydrogen-bond donors (Lipinski definition) is 1. The van der Waals surface area contributed by atoms with Crippen molar-refractivity contribution in [1.29, 1.82) is 0 Å². The zero-order valence-electron chi connectivity index (χ0n) is 11.3. The normalized spacial score (nSPS) is 36.0. The predicted octanol–water partition coefficient (Wildman–Crippen LogP) is 1.63. The molecule has 3 aliphatic heterocycles. The second-order valence-corrected chi connectivity index (χ2v) is 6.97. The molecule has 0 bridgehead atoms. The number of likely N-dealkylation sites (tertiary alicyclic amines) is 1. The second kappa shape index (κ2) is 4.22. The van der Waals surface area contributed by atoms with Crippen molar-refractivity contribution in [3.8, 4) is 0 Å². The molecule has 0 amide bonds. The molecule has 0 aliphatic carbocycles. The second-order valence-electron chi connectivity index (χ2n) is 6.97. The maximum absolute atomic E-state index is 5.88. The third kappa shape index (κ3) is 2.51. The molecule has 98 valence electrons. The third-order valence-electron chi connectivity index (χ3n) is 4.68. The lowest BCUT2D eigenvalue weighted by Gasteiger charge is -2.49. The molecule has 17 heavy (non-hydrogen) atoms. The topological polar surface area (TPSA) is 24.5 Å². The summed E-state index contributed by atoms with van der Waals surface area (Å²) >= 11 is 0. The monoisotopic (exact) mass is 238 g/mol. The average Bonchev–Trinajstić information content (AvgIpc) is 2.64. The molecule has 3 saturated heterocycles. The van der Waals surface area contributed by atoms with E-state index in [0.29, 0.717) is 5.54 Å². The summed E-state index contributed by atoms with van der Waals surface area (Å²) in [6.07, 6.45) is 5.22. The Morgan fingerprint density at radius 1 is 1.35 bits per heavy atom. The van der Waals surface area contributed by atoms with Crippen LogP contribution in [0.5, 0.6) is 0 Å². The van der Waals surface area contributed by atoms with E-state index in [0.717, 1.165) is 12.5 Å². The van der Waals surface area contributed by atoms with Crippen molar-refractivity contribution in [2.75, 3.05) is 32.8 Å². The van der Waals surface area contributed by atoms with Crippen LogP contribution in [-0.2, 0) is 4.74 Å². The van der Waals surface area contributed by atoms with Crippen LogP contribution in [0.15, 0.2) is 0 Å². The van der Waals surface area contributed by atoms with Crippen molar-refractivity contribution < 1.29 is 4.74 Å². The molecule has 0 radical (unpaired) electrons. The average molecular weight is 238 g/mol. The molecule has 3 fully saturated rings. The van der Waals surface area contributed by atoms with E-state index < -0.39 is 0 Å². The SMILES string of the molecule is CC1(C)CC(CN2CC3(CCCO3)C2)CCN1. The maximum atomic E-state index is 5.88. The van der Waals surface area contributed by atoms with Gasteiger partial charge in [-0.05, 0) is 52.0 Å². The van der Waals surface area contributed by atoms with Gasteiger partial charge in [-0.25, -0.2) is 0 Å². The van der Waals surface area contributed by atoms with E-state index in [-0.39, 0.29) is 5.60 Å². The van der Waals surface area contributed by atoms with Crippen LogP contribution in [0.3, 0.4) is 0 Å². The minimum atomic E-state index is 0.280. The number of piperidine rings is 1. The Morgan fingerprint density at radius 3 is 2.82 bits per heavy atom. The van der Waals surface area contributed by atoms with Crippen molar-refractivity contribution in [2.45, 2.75) is 50.7 Å². The number of rotatable bonds is 2. The fraction of sp³-hybridized carbons (Fsp3) is 1.00. The van der Waals surface area contributed by atoms with E-state index in [9.17, 15) is 0 Å². The van der Waals surface area contributed by atoms with Gasteiger partial charge in [-0.15, -0.1) is 0 Å². The van der Waals surface area contributed by atoms with Crippen LogP contribution in [0.1, 0.15) is 39.5 Å². The lowest BCUT2D eigenvalue weighted by atomic mass is 9.82. The fourth-order valence-electron chi connectivity index (χ4n) is 3.93. The van der Waals surface area contributed by atoms with E-state index in [4.69, 9.17) is 4.74 Å². The van der Waals surface area contributed by atoms with Gasteiger partial charge in [0.2, 0.25) is 0 Å². The van der Waals surface area contributed by atoms with Gasteiger partial charge in [0.1, 0.15) is 0 Å². The van der Waals surface area contributed by atoms with E-state index in [1.807, 2.05) is 0 Å². The van der Waals surface area contributed by atoms with Crippen molar-refractivity contribution in [3.05, 3.63) is 0 Å². The van der Waals surface area contributed by atoms with Gasteiger partial charge in [0.05, 0.1) is 5.60 Å². The Bertz CT molecular complexity index is 276. The zero-order valence-corrected chi connectivity index (χ0v) is 11.3. The highest BCUT2D eigenvalue weighted by Crippen LogP contribution is 2.36. The van der Waals surface area contributed by atoms with E-state index in [1.54, 1.807) is 0 Å². The van der Waals surface area contributed by atoms with Crippen LogP contribution in [0, 0.1) is 5.92 Å². The first-order valence-corrected chi connectivity index (χ1v) is 7.18. The molecular weight excluding hydrogens is 212 g/mol. The van der Waals surface area contributed by atoms with Gasteiger partial charge >= 0.3 is 0 Å². The molecular formula is C14H26N2O. The van der Waals surface area contributed by atoms with Crippen molar-refractivity contribution in [2.24, 2.45) is 5.92 Å². The maximum Gasteiger partial charge on any atom is 0.0935 e. The quantitative estimate of drug-likeness (QED) is 0.791. The van der Waals surface area contributed by atoms with Crippen LogP contribution < -0.4 is 5.32 Å². The first-order valence-electron chi connectivity index (χ1n) is 7.18. The van der Waals surface area contributed by atoms with Gasteiger partial charge in [0.15, 0.2) is 0 Å². The first kappa shape index (κ1) is 11.9. The van der Waals surface area contributed by atoms with Gasteiger partial charge in [-0.1, -0.05) is 0 Å². The molecule has 1 atom stereocenters. The van der Waals surface area contributed by atoms with Gasteiger partial charge in [-0.2, -0.15) is 0 Å². The Hall–Kier alpha value is -0.120. The van der Waals surface area contributed by atoms with Crippen LogP contribution in [-0.4, -0.2) is 48.8 Å². The van der Waals surface area contributed by atoms with Crippen LogP contribution >= 0.6 is 0 Å². The highest BCUT2D eigenvalue weighted by Gasteiger charge is 2.46. The predicted molar refractivity (Wildman–Crippen MR) is 69.2 cm³/mol. The standard InChI is InChI=1S/C14H26N2O/c1-13(2)8-12(4-6-15-13)9-16-10-14(11-16)5-3-7-17-14/h12,15H,3-11H2,1-2H3. The Balaban J connectivity index is 1.46. The molecule has 1 spiro atoms. The largest absolute Gasteiger partial charge is 0.372 e. The summed E-state index contributed by atoms with van der Waals surface area (Å²) in [7, 11) is 0. The fourth-order valence-corrected chi connectivity index (χ4v) is 3.93. The molecule has 0 aromatic rings. The molecule has 3 heteroatoms. The number of nitrogens with one attached hydrogen (secondary N) is 1. The summed E-state index contributed by atoms with van der Waals surface area (Å²) < 4.78 is 5.88. The molecule has 0 aromatic heterocycles. The van der Waals surface area contributed by atoms with Gasteiger partial charge in [0, 0.05) is 31.8 Å². The van der Waals surface area contributed by atoms with E-state index in [1.165, 1.54) is 51.9 Å². The minimum absolute atomic E-state index is 0.280. The smallest absolute Gasteiger partial charge is 0.0935 e. The summed E-state index contributed by atoms with van der Waals surface area (Å²) in [5.41, 5.74) is 0.623. The molecule has 1 N–H and O–H groups in total. The molecule has 3 nitrogen and oxygen atoms in total.